The number of benzene rings is 3. The molecular weight excluding hydrogens is 425 g/mol. The average molecular weight is 442 g/mol. The third-order valence-electron chi connectivity index (χ3n) is 4.32. The normalized spacial score (nSPS) is 11.3. The van der Waals surface area contributed by atoms with Gasteiger partial charge in [0.25, 0.3) is 5.91 Å². The molecule has 0 bridgehead atoms. The summed E-state index contributed by atoms with van der Waals surface area (Å²) in [5.41, 5.74) is 2.75. The molecule has 0 saturated carbocycles. The number of nitrogens with zero attached hydrogens (tertiary/aromatic N) is 1. The van der Waals surface area contributed by atoms with Crippen molar-refractivity contribution in [3.05, 3.63) is 101 Å². The van der Waals surface area contributed by atoms with Gasteiger partial charge in [0.1, 0.15) is 12.4 Å². The number of halogens is 3. The highest BCUT2D eigenvalue weighted by molar-refractivity contribution is 5.95. The second-order valence-electron chi connectivity index (χ2n) is 6.64. The number of alkyl halides is 3. The summed E-state index contributed by atoms with van der Waals surface area (Å²) in [6, 6.07) is 17.1. The summed E-state index contributed by atoms with van der Waals surface area (Å²) in [7, 11) is 0. The highest BCUT2D eigenvalue weighted by Crippen LogP contribution is 2.29. The standard InChI is InChI=1S/C23H17F3N2O4/c24-23(25,26)19-3-1-2-18(12-19)21(29)28-27-13-15-6-10-20(11-7-15)32-14-16-4-8-17(9-5-16)22(30)31/h1-13H,14H2,(H,28,29)(H,30,31)/b27-13-. The van der Waals surface area contributed by atoms with Crippen LogP contribution in [0.25, 0.3) is 0 Å². The number of amides is 1. The first kappa shape index (κ1) is 22.5. The first-order chi connectivity index (χ1) is 15.2. The van der Waals surface area contributed by atoms with Gasteiger partial charge in [0.2, 0.25) is 0 Å². The van der Waals surface area contributed by atoms with Crippen LogP contribution in [0.1, 0.15) is 37.4 Å². The molecule has 0 spiro atoms. The molecule has 0 heterocycles. The van der Waals surface area contributed by atoms with Gasteiger partial charge in [-0.1, -0.05) is 18.2 Å². The Labute approximate surface area is 181 Å². The second-order valence-corrected chi connectivity index (χ2v) is 6.64. The number of hydrogen-bond acceptors (Lipinski definition) is 4. The summed E-state index contributed by atoms with van der Waals surface area (Å²) in [6.07, 6.45) is -3.19. The Hall–Kier alpha value is -4.14. The monoisotopic (exact) mass is 442 g/mol. The highest BCUT2D eigenvalue weighted by atomic mass is 19.4. The van der Waals surface area contributed by atoms with Gasteiger partial charge < -0.3 is 9.84 Å². The van der Waals surface area contributed by atoms with Crippen molar-refractivity contribution in [2.75, 3.05) is 0 Å². The summed E-state index contributed by atoms with van der Waals surface area (Å²) in [5.74, 6) is -1.19. The Morgan fingerprint density at radius 1 is 0.969 bits per heavy atom. The van der Waals surface area contributed by atoms with E-state index < -0.39 is 23.6 Å². The summed E-state index contributed by atoms with van der Waals surface area (Å²) in [6.45, 7) is 0.250. The van der Waals surface area contributed by atoms with Crippen LogP contribution >= 0.6 is 0 Å². The Kier molecular flexibility index (Phi) is 6.89. The van der Waals surface area contributed by atoms with E-state index in [2.05, 4.69) is 10.5 Å². The van der Waals surface area contributed by atoms with Crippen LogP contribution in [0.15, 0.2) is 77.9 Å². The molecule has 3 aromatic carbocycles. The van der Waals surface area contributed by atoms with Gasteiger partial charge in [-0.15, -0.1) is 0 Å². The van der Waals surface area contributed by atoms with Crippen molar-refractivity contribution in [1.29, 1.82) is 0 Å². The summed E-state index contributed by atoms with van der Waals surface area (Å²) < 4.78 is 43.9. The maximum absolute atomic E-state index is 12.7. The fourth-order valence-electron chi connectivity index (χ4n) is 2.63. The van der Waals surface area contributed by atoms with E-state index in [9.17, 15) is 22.8 Å². The van der Waals surface area contributed by atoms with Gasteiger partial charge in [0, 0.05) is 5.56 Å². The summed E-state index contributed by atoms with van der Waals surface area (Å²) >= 11 is 0. The number of nitrogens with one attached hydrogen (secondary N) is 1. The molecule has 0 radical (unpaired) electrons. The molecule has 3 rings (SSSR count). The van der Waals surface area contributed by atoms with Crippen molar-refractivity contribution < 1.29 is 32.6 Å². The Morgan fingerprint density at radius 2 is 1.66 bits per heavy atom. The molecule has 0 aliphatic rings. The lowest BCUT2D eigenvalue weighted by molar-refractivity contribution is -0.137. The van der Waals surface area contributed by atoms with E-state index in [0.29, 0.717) is 11.3 Å². The maximum Gasteiger partial charge on any atom is 0.416 e. The third-order valence-corrected chi connectivity index (χ3v) is 4.32. The minimum Gasteiger partial charge on any atom is -0.489 e. The third kappa shape index (κ3) is 6.18. The molecule has 0 aliphatic heterocycles. The lowest BCUT2D eigenvalue weighted by atomic mass is 10.1. The van der Waals surface area contributed by atoms with Gasteiger partial charge >= 0.3 is 12.1 Å². The van der Waals surface area contributed by atoms with Crippen molar-refractivity contribution in [2.24, 2.45) is 5.10 Å². The molecule has 32 heavy (non-hydrogen) atoms. The molecule has 0 atom stereocenters. The molecule has 0 fully saturated rings. The van der Waals surface area contributed by atoms with Crippen molar-refractivity contribution in [1.82, 2.24) is 5.43 Å². The van der Waals surface area contributed by atoms with Crippen molar-refractivity contribution in [2.45, 2.75) is 12.8 Å². The van der Waals surface area contributed by atoms with E-state index in [1.807, 2.05) is 0 Å². The van der Waals surface area contributed by atoms with Crippen LogP contribution in [0, 0.1) is 0 Å². The fraction of sp³-hybridized carbons (Fsp3) is 0.0870. The average Bonchev–Trinajstić information content (AvgIpc) is 2.78. The van der Waals surface area contributed by atoms with E-state index in [4.69, 9.17) is 9.84 Å². The van der Waals surface area contributed by atoms with E-state index in [1.54, 1.807) is 36.4 Å². The van der Waals surface area contributed by atoms with E-state index >= 15 is 0 Å². The Morgan fingerprint density at radius 3 is 2.28 bits per heavy atom. The van der Waals surface area contributed by atoms with Gasteiger partial charge in [-0.3, -0.25) is 4.79 Å². The number of carboxylic acids is 1. The Bertz CT molecular complexity index is 1130. The zero-order valence-corrected chi connectivity index (χ0v) is 16.5. The van der Waals surface area contributed by atoms with Crippen molar-refractivity contribution in [3.63, 3.8) is 0 Å². The smallest absolute Gasteiger partial charge is 0.416 e. The van der Waals surface area contributed by atoms with Crippen molar-refractivity contribution >= 4 is 18.1 Å². The van der Waals surface area contributed by atoms with Gasteiger partial charge in [-0.25, -0.2) is 10.2 Å². The molecule has 3 aromatic rings. The topological polar surface area (TPSA) is 88.0 Å². The fourth-order valence-corrected chi connectivity index (χ4v) is 2.63. The molecule has 0 aromatic heterocycles. The van der Waals surface area contributed by atoms with Crippen LogP contribution in [-0.4, -0.2) is 23.2 Å². The van der Waals surface area contributed by atoms with Crippen LogP contribution in [0.3, 0.4) is 0 Å². The zero-order chi connectivity index (χ0) is 23.1. The molecule has 2 N–H and O–H groups in total. The molecule has 0 aliphatic carbocycles. The van der Waals surface area contributed by atoms with Crippen LogP contribution in [0.4, 0.5) is 13.2 Å². The van der Waals surface area contributed by atoms with E-state index in [1.165, 1.54) is 24.4 Å². The van der Waals surface area contributed by atoms with Crippen LogP contribution in [0.5, 0.6) is 5.75 Å². The number of hydrogen-bond donors (Lipinski definition) is 2. The minimum absolute atomic E-state index is 0.155. The SMILES string of the molecule is O=C(O)c1ccc(COc2ccc(/C=N\NC(=O)c3cccc(C(F)(F)F)c3)cc2)cc1. The van der Waals surface area contributed by atoms with Gasteiger partial charge in [0.15, 0.2) is 0 Å². The van der Waals surface area contributed by atoms with E-state index in [0.717, 1.165) is 23.8 Å². The molecule has 9 heteroatoms. The lowest BCUT2D eigenvalue weighted by Gasteiger charge is -2.08. The number of hydrazone groups is 1. The number of aromatic carboxylic acids is 1. The van der Waals surface area contributed by atoms with Crippen LogP contribution < -0.4 is 10.2 Å². The van der Waals surface area contributed by atoms with Gasteiger partial charge in [-0.05, 0) is 65.7 Å². The van der Waals surface area contributed by atoms with Gasteiger partial charge in [-0.2, -0.15) is 18.3 Å². The molecular formula is C23H17F3N2O4. The molecule has 1 amide bonds. The number of rotatable bonds is 7. The van der Waals surface area contributed by atoms with Crippen LogP contribution in [0.2, 0.25) is 0 Å². The molecule has 164 valence electrons. The predicted molar refractivity (Wildman–Crippen MR) is 111 cm³/mol. The van der Waals surface area contributed by atoms with E-state index in [-0.39, 0.29) is 17.7 Å². The highest BCUT2D eigenvalue weighted by Gasteiger charge is 2.30. The maximum atomic E-state index is 12.7. The first-order valence-electron chi connectivity index (χ1n) is 9.28. The molecule has 0 unspecified atom stereocenters. The molecule has 6 nitrogen and oxygen atoms in total. The first-order valence-corrected chi connectivity index (χ1v) is 9.28. The summed E-state index contributed by atoms with van der Waals surface area (Å²) in [4.78, 5) is 22.9. The Balaban J connectivity index is 1.53. The lowest BCUT2D eigenvalue weighted by Crippen LogP contribution is -2.18. The second kappa shape index (κ2) is 9.78. The minimum atomic E-state index is -4.54. The summed E-state index contributed by atoms with van der Waals surface area (Å²) in [5, 5.41) is 12.7. The number of carbonyl (C=O) groups excluding carboxylic acids is 1. The number of carboxylic acid groups (broad SMARTS) is 1. The zero-order valence-electron chi connectivity index (χ0n) is 16.5. The quantitative estimate of drug-likeness (QED) is 0.409. The van der Waals surface area contributed by atoms with Gasteiger partial charge in [0.05, 0.1) is 17.3 Å². The van der Waals surface area contributed by atoms with Crippen LogP contribution in [-0.2, 0) is 12.8 Å². The predicted octanol–water partition coefficient (Wildman–Crippen LogP) is 4.75. The molecule has 0 saturated heterocycles. The van der Waals surface area contributed by atoms with Crippen molar-refractivity contribution in [3.8, 4) is 5.75 Å². The largest absolute Gasteiger partial charge is 0.489 e. The number of ether oxygens (including phenoxy) is 1. The number of carbonyl (C=O) groups is 2.